The number of hydrogen-bond donors (Lipinski definition) is 1. The number of aliphatic hydroxyl groups is 1. The zero-order valence-corrected chi connectivity index (χ0v) is 21.7. The van der Waals surface area contributed by atoms with E-state index in [-0.39, 0.29) is 26.2 Å². The summed E-state index contributed by atoms with van der Waals surface area (Å²) in [5.41, 5.74) is -2.68. The molecule has 2 atom stereocenters. The molecule has 8 nitrogen and oxygen atoms in total. The highest BCUT2D eigenvalue weighted by Gasteiger charge is 2.55. The Morgan fingerprint density at radius 3 is 1.74 bits per heavy atom. The second-order valence-corrected chi connectivity index (χ2v) is 8.75. The van der Waals surface area contributed by atoms with Gasteiger partial charge in [0.2, 0.25) is 0 Å². The van der Waals surface area contributed by atoms with Crippen LogP contribution in [-0.2, 0) is 33.4 Å². The molecule has 0 aliphatic heterocycles. The first-order valence-corrected chi connectivity index (χ1v) is 13.0. The van der Waals surface area contributed by atoms with Crippen LogP contribution in [0.4, 0.5) is 0 Å². The Labute approximate surface area is 205 Å². The Bertz CT molecular complexity index is 604. The quantitative estimate of drug-likeness (QED) is 0.108. The monoisotopic (exact) mass is 486 g/mol. The summed E-state index contributed by atoms with van der Waals surface area (Å²) < 4.78 is 15.5. The van der Waals surface area contributed by atoms with Crippen LogP contribution in [0.3, 0.4) is 0 Å². The van der Waals surface area contributed by atoms with E-state index in [1.807, 2.05) is 20.8 Å². The van der Waals surface area contributed by atoms with E-state index in [0.717, 1.165) is 44.9 Å². The van der Waals surface area contributed by atoms with Crippen LogP contribution >= 0.6 is 0 Å². The van der Waals surface area contributed by atoms with Crippen molar-refractivity contribution < 1.29 is 38.5 Å². The first-order chi connectivity index (χ1) is 16.3. The zero-order chi connectivity index (χ0) is 25.8. The molecule has 1 N–H and O–H groups in total. The second-order valence-electron chi connectivity index (χ2n) is 8.75. The van der Waals surface area contributed by atoms with E-state index in [9.17, 15) is 24.3 Å². The Balaban J connectivity index is 5.81. The van der Waals surface area contributed by atoms with Crippen molar-refractivity contribution in [2.45, 2.75) is 117 Å². The van der Waals surface area contributed by atoms with Crippen LogP contribution in [0.1, 0.15) is 111 Å². The Kier molecular flexibility index (Phi) is 18.2. The minimum atomic E-state index is -2.68. The highest BCUT2D eigenvalue weighted by molar-refractivity contribution is 6.06. The lowest BCUT2D eigenvalue weighted by Crippen LogP contribution is -2.55. The summed E-state index contributed by atoms with van der Waals surface area (Å²) >= 11 is 0. The third-order valence-corrected chi connectivity index (χ3v) is 5.56. The molecule has 0 saturated carbocycles. The number of hydrogen-bond acceptors (Lipinski definition) is 8. The van der Waals surface area contributed by atoms with Gasteiger partial charge in [-0.15, -0.1) is 0 Å². The number of ether oxygens (including phenoxy) is 3. The summed E-state index contributed by atoms with van der Waals surface area (Å²) in [5, 5.41) is 11.4. The van der Waals surface area contributed by atoms with E-state index in [4.69, 9.17) is 14.2 Å². The average molecular weight is 487 g/mol. The molecular formula is C26H46O8. The highest BCUT2D eigenvalue weighted by atomic mass is 16.6. The second kappa shape index (κ2) is 19.4. The predicted octanol–water partition coefficient (Wildman–Crippen LogP) is 4.68. The van der Waals surface area contributed by atoms with E-state index in [1.54, 1.807) is 0 Å². The first kappa shape index (κ1) is 32.0. The molecule has 2 unspecified atom stereocenters. The molecule has 0 bridgehead atoms. The van der Waals surface area contributed by atoms with Gasteiger partial charge in [0.1, 0.15) is 0 Å². The lowest BCUT2D eigenvalue weighted by molar-refractivity contribution is -0.188. The van der Waals surface area contributed by atoms with Crippen molar-refractivity contribution in [2.24, 2.45) is 5.92 Å². The molecule has 0 aliphatic carbocycles. The fourth-order valence-electron chi connectivity index (χ4n) is 3.37. The molecule has 0 saturated heterocycles. The average Bonchev–Trinajstić information content (AvgIpc) is 2.79. The van der Waals surface area contributed by atoms with Crippen molar-refractivity contribution in [3.05, 3.63) is 0 Å². The normalized spacial score (nSPS) is 13.6. The fourth-order valence-corrected chi connectivity index (χ4v) is 3.37. The molecule has 0 aliphatic rings. The number of ketones is 1. The van der Waals surface area contributed by atoms with Crippen LogP contribution in [0.15, 0.2) is 0 Å². The molecule has 0 amide bonds. The van der Waals surface area contributed by atoms with Crippen molar-refractivity contribution >= 4 is 23.7 Å². The van der Waals surface area contributed by atoms with Gasteiger partial charge in [0.05, 0.1) is 26.2 Å². The molecule has 0 heterocycles. The summed E-state index contributed by atoms with van der Waals surface area (Å²) in [6.45, 7) is 8.01. The molecule has 0 rings (SSSR count). The number of carbonyl (C=O) groups is 4. The summed E-state index contributed by atoms with van der Waals surface area (Å²) in [6, 6.07) is 0. The molecule has 0 fully saturated rings. The van der Waals surface area contributed by atoms with E-state index in [2.05, 4.69) is 6.92 Å². The van der Waals surface area contributed by atoms with E-state index in [0.29, 0.717) is 25.7 Å². The van der Waals surface area contributed by atoms with E-state index >= 15 is 0 Å². The number of carbonyl (C=O) groups excluding carboxylic acids is 4. The summed E-state index contributed by atoms with van der Waals surface area (Å²) in [5.74, 6) is -5.53. The summed E-state index contributed by atoms with van der Waals surface area (Å²) in [7, 11) is 0. The maximum Gasteiger partial charge on any atom is 0.340 e. The molecule has 0 aromatic rings. The fraction of sp³-hybridized carbons (Fsp3) is 0.846. The number of rotatable bonds is 21. The minimum absolute atomic E-state index is 0.00529. The third kappa shape index (κ3) is 12.5. The number of Topliss-reactive ketones (excluding diaryl/α,β-unsaturated/α-hetero) is 1. The topological polar surface area (TPSA) is 116 Å². The zero-order valence-electron chi connectivity index (χ0n) is 21.7. The van der Waals surface area contributed by atoms with Crippen LogP contribution in [0, 0.1) is 5.92 Å². The molecular weight excluding hydrogens is 440 g/mol. The van der Waals surface area contributed by atoms with Crippen LogP contribution in [-0.4, -0.2) is 54.2 Å². The van der Waals surface area contributed by atoms with Gasteiger partial charge in [0, 0.05) is 6.42 Å². The van der Waals surface area contributed by atoms with Gasteiger partial charge in [0.15, 0.2) is 17.3 Å². The van der Waals surface area contributed by atoms with Gasteiger partial charge in [-0.1, -0.05) is 72.6 Å². The lowest BCUT2D eigenvalue weighted by Gasteiger charge is -2.31. The first-order valence-electron chi connectivity index (χ1n) is 13.0. The van der Waals surface area contributed by atoms with Crippen molar-refractivity contribution in [3.8, 4) is 0 Å². The predicted molar refractivity (Wildman–Crippen MR) is 129 cm³/mol. The van der Waals surface area contributed by atoms with Crippen molar-refractivity contribution in [1.82, 2.24) is 0 Å². The third-order valence-electron chi connectivity index (χ3n) is 5.56. The van der Waals surface area contributed by atoms with Gasteiger partial charge >= 0.3 is 17.9 Å². The molecule has 0 spiro atoms. The van der Waals surface area contributed by atoms with Gasteiger partial charge in [-0.05, 0) is 25.7 Å². The van der Waals surface area contributed by atoms with Crippen molar-refractivity contribution in [3.63, 3.8) is 0 Å². The number of unbranched alkanes of at least 4 members (excludes halogenated alkanes) is 7. The maximum atomic E-state index is 13.2. The van der Waals surface area contributed by atoms with Crippen LogP contribution < -0.4 is 0 Å². The lowest BCUT2D eigenvalue weighted by atomic mass is 9.80. The smallest absolute Gasteiger partial charge is 0.340 e. The van der Waals surface area contributed by atoms with Crippen molar-refractivity contribution in [1.29, 1.82) is 0 Å². The molecule has 34 heavy (non-hydrogen) atoms. The Morgan fingerprint density at radius 1 is 0.676 bits per heavy atom. The van der Waals surface area contributed by atoms with Gasteiger partial charge < -0.3 is 19.3 Å². The molecule has 0 aromatic heterocycles. The SMILES string of the molecule is CCCCCCCC(=O)C(C(=O)OCCCC)C(O)(CC(=O)OCCCC)C(=O)OCCCC. The van der Waals surface area contributed by atoms with Gasteiger partial charge in [0.25, 0.3) is 0 Å². The standard InChI is InChI=1S/C26H46O8/c1-5-9-13-14-15-16-21(27)23(24(29)33-18-11-7-3)26(31,25(30)34-19-12-8-4)20-22(28)32-17-10-6-2/h23,31H,5-20H2,1-4H3. The number of esters is 3. The van der Waals surface area contributed by atoms with Gasteiger partial charge in [-0.2, -0.15) is 0 Å². The maximum absolute atomic E-state index is 13.2. The van der Waals surface area contributed by atoms with Crippen LogP contribution in [0.5, 0.6) is 0 Å². The molecule has 198 valence electrons. The van der Waals surface area contributed by atoms with E-state index < -0.39 is 41.6 Å². The Hall–Kier alpha value is -1.96. The summed E-state index contributed by atoms with van der Waals surface area (Å²) in [4.78, 5) is 51.5. The Morgan fingerprint density at radius 2 is 1.18 bits per heavy atom. The summed E-state index contributed by atoms with van der Waals surface area (Å²) in [6.07, 6.45) is 7.49. The van der Waals surface area contributed by atoms with Gasteiger partial charge in [-0.25, -0.2) is 4.79 Å². The van der Waals surface area contributed by atoms with Gasteiger partial charge in [-0.3, -0.25) is 14.4 Å². The highest BCUT2D eigenvalue weighted by Crippen LogP contribution is 2.29. The van der Waals surface area contributed by atoms with Crippen LogP contribution in [0.25, 0.3) is 0 Å². The van der Waals surface area contributed by atoms with Crippen LogP contribution in [0.2, 0.25) is 0 Å². The molecule has 0 radical (unpaired) electrons. The minimum Gasteiger partial charge on any atom is -0.466 e. The van der Waals surface area contributed by atoms with E-state index in [1.165, 1.54) is 0 Å². The largest absolute Gasteiger partial charge is 0.466 e. The molecule has 0 aromatic carbocycles. The van der Waals surface area contributed by atoms with Crippen molar-refractivity contribution in [2.75, 3.05) is 19.8 Å². The molecule has 8 heteroatoms.